The minimum atomic E-state index is -0.0185. The summed E-state index contributed by atoms with van der Waals surface area (Å²) in [7, 11) is 0. The minimum absolute atomic E-state index is 0.0185. The van der Waals surface area contributed by atoms with Gasteiger partial charge in [0, 0.05) is 6.08 Å². The van der Waals surface area contributed by atoms with E-state index in [0.717, 1.165) is 0 Å². The summed E-state index contributed by atoms with van der Waals surface area (Å²) in [6, 6.07) is 0. The van der Waals surface area contributed by atoms with Crippen LogP contribution in [0.1, 0.15) is 0 Å². The molecule has 0 saturated heterocycles. The molecule has 0 aromatic heterocycles. The summed E-state index contributed by atoms with van der Waals surface area (Å²) in [4.78, 5) is 17.7. The number of hydrogen-bond donors (Lipinski definition) is 0. The number of hydrogen-bond acceptors (Lipinski definition) is 0. The number of ketones is 2. The predicted octanol–water partition coefficient (Wildman–Crippen LogP) is -0.108. The van der Waals surface area contributed by atoms with Gasteiger partial charge in [-0.2, -0.15) is 0 Å². The summed E-state index contributed by atoms with van der Waals surface area (Å²) in [6.07, 6.45) is 3.46. The first-order chi connectivity index (χ1) is 3.80. The third-order valence-electron chi connectivity index (χ3n) is 1.70. The van der Waals surface area contributed by atoms with Crippen LogP contribution < -0.4 is 0 Å². The molecule has 0 radical (unpaired) electrons. The van der Waals surface area contributed by atoms with E-state index in [1.54, 1.807) is 6.08 Å². The normalized spacial score (nSPS) is 40.5. The molecule has 2 unspecified atom stereocenters. The fraction of sp³-hybridized carbons (Fsp3) is 0.333. The number of fused-ring (bicyclic) bond motifs is 1. The van der Waals surface area contributed by atoms with Crippen molar-refractivity contribution in [1.29, 1.82) is 0 Å². The van der Waals surface area contributed by atoms with Crippen LogP contribution in [-0.2, 0) is 0 Å². The van der Waals surface area contributed by atoms with E-state index in [0.29, 0.717) is 11.6 Å². The van der Waals surface area contributed by atoms with Gasteiger partial charge < -0.3 is 0 Å². The highest BCUT2D eigenvalue weighted by atomic mass is 16.2. The standard InChI is InChI=1S/C6H4O2/c7-4-2-1-3-5(4)6(3)8/h1-3,5H/p+2. The second-order valence-electron chi connectivity index (χ2n) is 2.21. The van der Waals surface area contributed by atoms with Crippen molar-refractivity contribution in [2.45, 2.75) is 0 Å². The third kappa shape index (κ3) is 0.259. The summed E-state index contributed by atoms with van der Waals surface area (Å²) in [5.41, 5.74) is 0. The maximum atomic E-state index is 8.86. The molecular weight excluding hydrogens is 104 g/mol. The van der Waals surface area contributed by atoms with Gasteiger partial charge >= 0.3 is 11.6 Å². The minimum Gasteiger partial charge on any atom is -0.282 e. The number of rotatable bonds is 0. The molecule has 2 nitrogen and oxygen atoms in total. The van der Waals surface area contributed by atoms with Crippen molar-refractivity contribution < 1.29 is 9.59 Å². The monoisotopic (exact) mass is 110 g/mol. The zero-order valence-corrected chi connectivity index (χ0v) is 4.20. The van der Waals surface area contributed by atoms with E-state index in [1.807, 2.05) is 6.08 Å². The summed E-state index contributed by atoms with van der Waals surface area (Å²) < 4.78 is 0. The van der Waals surface area contributed by atoms with Crippen LogP contribution in [0.3, 0.4) is 0 Å². The van der Waals surface area contributed by atoms with Crippen LogP contribution in [0.2, 0.25) is 0 Å². The summed E-state index contributed by atoms with van der Waals surface area (Å²) >= 11 is 0. The summed E-state index contributed by atoms with van der Waals surface area (Å²) in [5, 5.41) is 0. The van der Waals surface area contributed by atoms with Crippen molar-refractivity contribution in [2.75, 3.05) is 0 Å². The third-order valence-corrected chi connectivity index (χ3v) is 1.70. The van der Waals surface area contributed by atoms with Gasteiger partial charge in [-0.05, 0) is 0 Å². The Bertz CT molecular complexity index is 203. The highest BCUT2D eigenvalue weighted by molar-refractivity contribution is 6.24. The first-order valence-corrected chi connectivity index (χ1v) is 2.60. The molecule has 0 aromatic carbocycles. The first kappa shape index (κ1) is 4.01. The van der Waals surface area contributed by atoms with Crippen molar-refractivity contribution in [3.05, 3.63) is 12.2 Å². The van der Waals surface area contributed by atoms with E-state index in [9.17, 15) is 0 Å². The van der Waals surface area contributed by atoms with E-state index in [2.05, 4.69) is 0 Å². The van der Waals surface area contributed by atoms with Gasteiger partial charge in [0.05, 0.1) is 0 Å². The van der Waals surface area contributed by atoms with Crippen LogP contribution >= 0.6 is 0 Å². The second-order valence-corrected chi connectivity index (χ2v) is 2.21. The van der Waals surface area contributed by atoms with E-state index >= 15 is 0 Å². The van der Waals surface area contributed by atoms with Crippen LogP contribution in [0.5, 0.6) is 0 Å². The highest BCUT2D eigenvalue weighted by Crippen LogP contribution is 2.39. The summed E-state index contributed by atoms with van der Waals surface area (Å²) in [5.74, 6) is 0.877. The molecule has 0 amide bonds. The molecule has 8 heavy (non-hydrogen) atoms. The average molecular weight is 110 g/mol. The van der Waals surface area contributed by atoms with E-state index in [-0.39, 0.29) is 11.8 Å². The Balaban J connectivity index is 2.42. The summed E-state index contributed by atoms with van der Waals surface area (Å²) in [6.45, 7) is 0. The molecular formula is C6H6O2+2. The lowest BCUT2D eigenvalue weighted by Crippen LogP contribution is -1.94. The van der Waals surface area contributed by atoms with Gasteiger partial charge in [0.1, 0.15) is 5.92 Å². The largest absolute Gasteiger partial charge is 0.333 e. The Labute approximate surface area is 46.2 Å². The van der Waals surface area contributed by atoms with Crippen LogP contribution in [0.4, 0.5) is 0 Å². The SMILES string of the molecule is [OH+]=C1C=CC2C(=[OH+])C12. The van der Waals surface area contributed by atoms with Gasteiger partial charge in [-0.1, -0.05) is 6.08 Å². The average Bonchev–Trinajstić information content (AvgIpc) is 2.13. The van der Waals surface area contributed by atoms with Crippen molar-refractivity contribution in [1.82, 2.24) is 0 Å². The van der Waals surface area contributed by atoms with Crippen molar-refractivity contribution in [3.8, 4) is 0 Å². The molecule has 2 rings (SSSR count). The molecule has 2 atom stereocenters. The smallest absolute Gasteiger partial charge is 0.282 e. The molecule has 2 aliphatic rings. The van der Waals surface area contributed by atoms with Gasteiger partial charge in [-0.15, -0.1) is 0 Å². The molecule has 40 valence electrons. The molecule has 0 heterocycles. The van der Waals surface area contributed by atoms with Crippen LogP contribution in [0.15, 0.2) is 12.2 Å². The first-order valence-electron chi connectivity index (χ1n) is 2.60. The number of allylic oxidation sites excluding steroid dienone is 2. The maximum Gasteiger partial charge on any atom is 0.333 e. The lowest BCUT2D eigenvalue weighted by molar-refractivity contribution is 0.657. The van der Waals surface area contributed by atoms with Gasteiger partial charge in [0.2, 0.25) is 5.92 Å². The molecule has 1 saturated carbocycles. The lowest BCUT2D eigenvalue weighted by atomic mass is 10.3. The van der Waals surface area contributed by atoms with Gasteiger partial charge in [0.15, 0.2) is 0 Å². The fourth-order valence-corrected chi connectivity index (χ4v) is 1.12. The van der Waals surface area contributed by atoms with E-state index in [1.165, 1.54) is 0 Å². The maximum absolute atomic E-state index is 8.86. The van der Waals surface area contributed by atoms with Crippen molar-refractivity contribution in [3.63, 3.8) is 0 Å². The van der Waals surface area contributed by atoms with Gasteiger partial charge in [-0.25, -0.2) is 0 Å². The molecule has 2 heteroatoms. The van der Waals surface area contributed by atoms with Gasteiger partial charge in [0.25, 0.3) is 0 Å². The van der Waals surface area contributed by atoms with Crippen LogP contribution in [-0.4, -0.2) is 21.2 Å². The molecule has 2 N–H and O–H groups in total. The van der Waals surface area contributed by atoms with Crippen LogP contribution in [0, 0.1) is 11.8 Å². The lowest BCUT2D eigenvalue weighted by Gasteiger charge is -1.62. The van der Waals surface area contributed by atoms with Crippen molar-refractivity contribution >= 4 is 11.6 Å². The zero-order chi connectivity index (χ0) is 5.72. The van der Waals surface area contributed by atoms with Crippen molar-refractivity contribution in [2.24, 2.45) is 11.8 Å². The van der Waals surface area contributed by atoms with Crippen LogP contribution in [0.25, 0.3) is 0 Å². The Morgan fingerprint density at radius 3 is 2.38 bits per heavy atom. The molecule has 0 bridgehead atoms. The molecule has 2 aliphatic carbocycles. The predicted molar refractivity (Wildman–Crippen MR) is 30.0 cm³/mol. The zero-order valence-electron chi connectivity index (χ0n) is 4.20. The fourth-order valence-electron chi connectivity index (χ4n) is 1.12. The molecule has 0 aliphatic heterocycles. The number of carbonyl (C=O) groups excluding carboxylic acids is 2. The van der Waals surface area contributed by atoms with E-state index in [4.69, 9.17) is 9.59 Å². The Hall–Kier alpha value is -0.920. The van der Waals surface area contributed by atoms with E-state index < -0.39 is 0 Å². The quantitative estimate of drug-likeness (QED) is 0.308. The molecule has 1 fully saturated rings. The molecule has 0 aromatic rings. The topological polar surface area (TPSA) is 42.8 Å². The van der Waals surface area contributed by atoms with Gasteiger partial charge in [-0.3, -0.25) is 9.59 Å². The second kappa shape index (κ2) is 0.917. The Morgan fingerprint density at radius 1 is 1.38 bits per heavy atom. The Morgan fingerprint density at radius 2 is 2.12 bits per heavy atom. The molecule has 0 spiro atoms. The Kier molecular flexibility index (Phi) is 0.460. The highest BCUT2D eigenvalue weighted by Gasteiger charge is 2.65.